The number of nitrogens with zero attached hydrogens (tertiary/aromatic N) is 1. The molecule has 3 amide bonds. The molecule has 25 heavy (non-hydrogen) atoms. The number of carbonyl (C=O) groups excluding carboxylic acids is 3. The molecule has 1 N–H and O–H groups in total. The summed E-state index contributed by atoms with van der Waals surface area (Å²) in [4.78, 5) is 38.1. The lowest BCUT2D eigenvalue weighted by Crippen LogP contribution is -2.52. The molecule has 1 heterocycles. The van der Waals surface area contributed by atoms with Crippen molar-refractivity contribution in [3.8, 4) is 0 Å². The van der Waals surface area contributed by atoms with Gasteiger partial charge in [0.25, 0.3) is 11.8 Å². The summed E-state index contributed by atoms with van der Waals surface area (Å²) in [7, 11) is 1.45. The van der Waals surface area contributed by atoms with Crippen LogP contribution in [0.2, 0.25) is 0 Å². The molecule has 0 saturated heterocycles. The SMILES string of the molecule is CCC[C@H]1C(OC)=CC(=O)N1C(=O)[C@@H](CCC(Cl)(Cl)Cl)NC(=O)CC. The zero-order chi connectivity index (χ0) is 19.2. The fourth-order valence-corrected chi connectivity index (χ4v) is 2.93. The lowest BCUT2D eigenvalue weighted by molar-refractivity contribution is -0.146. The van der Waals surface area contributed by atoms with Crippen LogP contribution in [0.15, 0.2) is 11.8 Å². The standard InChI is InChI=1S/C16H23Cl3N2O4/c1-4-6-11-12(25-3)9-14(23)21(11)15(24)10(20-13(22)5-2)7-8-16(17,18)19/h9-11H,4-8H2,1-3H3,(H,20,22)/t10-,11+/m1/s1. The molecule has 0 saturated carbocycles. The summed E-state index contributed by atoms with van der Waals surface area (Å²) < 4.78 is 3.67. The van der Waals surface area contributed by atoms with E-state index in [9.17, 15) is 14.4 Å². The van der Waals surface area contributed by atoms with E-state index in [-0.39, 0.29) is 25.2 Å². The molecule has 0 aromatic heterocycles. The van der Waals surface area contributed by atoms with E-state index in [0.717, 1.165) is 11.3 Å². The average Bonchev–Trinajstić information content (AvgIpc) is 2.85. The van der Waals surface area contributed by atoms with Crippen LogP contribution < -0.4 is 5.32 Å². The Morgan fingerprint density at radius 2 is 2.00 bits per heavy atom. The fourth-order valence-electron chi connectivity index (χ4n) is 2.60. The molecule has 0 aliphatic carbocycles. The van der Waals surface area contributed by atoms with Crippen LogP contribution in [0.4, 0.5) is 0 Å². The maximum atomic E-state index is 12.9. The van der Waals surface area contributed by atoms with Gasteiger partial charge in [0, 0.05) is 12.5 Å². The summed E-state index contributed by atoms with van der Waals surface area (Å²) in [5.74, 6) is -0.879. The lowest BCUT2D eigenvalue weighted by Gasteiger charge is -2.29. The zero-order valence-electron chi connectivity index (χ0n) is 14.5. The van der Waals surface area contributed by atoms with Crippen LogP contribution in [0.5, 0.6) is 0 Å². The van der Waals surface area contributed by atoms with E-state index in [1.54, 1.807) is 6.92 Å². The van der Waals surface area contributed by atoms with Gasteiger partial charge in [-0.05, 0) is 19.3 Å². The van der Waals surface area contributed by atoms with Crippen LogP contribution in [0, 0.1) is 0 Å². The Labute approximate surface area is 162 Å². The molecular weight excluding hydrogens is 391 g/mol. The van der Waals surface area contributed by atoms with E-state index in [1.807, 2.05) is 6.92 Å². The summed E-state index contributed by atoms with van der Waals surface area (Å²) in [6.45, 7) is 3.61. The van der Waals surface area contributed by atoms with Crippen LogP contribution in [0.3, 0.4) is 0 Å². The summed E-state index contributed by atoms with van der Waals surface area (Å²) in [5, 5.41) is 2.61. The molecule has 0 bridgehead atoms. The van der Waals surface area contributed by atoms with Crippen LogP contribution in [0.1, 0.15) is 46.0 Å². The molecule has 0 aromatic carbocycles. The minimum atomic E-state index is -1.55. The summed E-state index contributed by atoms with van der Waals surface area (Å²) in [6.07, 6.45) is 2.98. The third-order valence-corrected chi connectivity index (χ3v) is 4.42. The topological polar surface area (TPSA) is 75.7 Å². The van der Waals surface area contributed by atoms with Crippen molar-refractivity contribution >= 4 is 52.5 Å². The zero-order valence-corrected chi connectivity index (χ0v) is 16.7. The predicted octanol–water partition coefficient (Wildman–Crippen LogP) is 3.10. The number of rotatable bonds is 8. The molecule has 1 aliphatic rings. The number of imide groups is 1. The highest BCUT2D eigenvalue weighted by atomic mass is 35.6. The second-order valence-corrected chi connectivity index (χ2v) is 8.25. The number of methoxy groups -OCH3 is 1. The van der Waals surface area contributed by atoms with E-state index in [2.05, 4.69) is 5.32 Å². The van der Waals surface area contributed by atoms with Crippen molar-refractivity contribution in [3.63, 3.8) is 0 Å². The Hall–Kier alpha value is -0.980. The molecule has 0 fully saturated rings. The van der Waals surface area contributed by atoms with Crippen molar-refractivity contribution in [1.29, 1.82) is 0 Å². The molecule has 0 aromatic rings. The van der Waals surface area contributed by atoms with Crippen molar-refractivity contribution in [2.75, 3.05) is 7.11 Å². The largest absolute Gasteiger partial charge is 0.499 e. The van der Waals surface area contributed by atoms with Crippen LogP contribution >= 0.6 is 34.8 Å². The molecule has 142 valence electrons. The highest BCUT2D eigenvalue weighted by Gasteiger charge is 2.41. The van der Waals surface area contributed by atoms with Crippen molar-refractivity contribution < 1.29 is 19.1 Å². The summed E-state index contributed by atoms with van der Waals surface area (Å²) in [5.41, 5.74) is 0. The van der Waals surface area contributed by atoms with Gasteiger partial charge in [0.2, 0.25) is 5.91 Å². The van der Waals surface area contributed by atoms with E-state index in [4.69, 9.17) is 39.5 Å². The van der Waals surface area contributed by atoms with Gasteiger partial charge in [0.1, 0.15) is 11.8 Å². The van der Waals surface area contributed by atoms with Crippen LogP contribution in [-0.4, -0.2) is 45.6 Å². The maximum absolute atomic E-state index is 12.9. The normalized spacial score (nSPS) is 18.8. The first-order valence-electron chi connectivity index (χ1n) is 8.13. The Morgan fingerprint density at radius 1 is 1.36 bits per heavy atom. The molecule has 0 unspecified atom stereocenters. The first-order valence-corrected chi connectivity index (χ1v) is 9.26. The van der Waals surface area contributed by atoms with Gasteiger partial charge in [-0.15, -0.1) is 0 Å². The number of alkyl halides is 3. The maximum Gasteiger partial charge on any atom is 0.257 e. The van der Waals surface area contributed by atoms with Crippen LogP contribution in [0.25, 0.3) is 0 Å². The Balaban J connectivity index is 3.01. The van der Waals surface area contributed by atoms with E-state index < -0.39 is 27.7 Å². The van der Waals surface area contributed by atoms with E-state index >= 15 is 0 Å². The van der Waals surface area contributed by atoms with Crippen molar-refractivity contribution in [3.05, 3.63) is 11.8 Å². The van der Waals surface area contributed by atoms with Gasteiger partial charge < -0.3 is 10.1 Å². The molecule has 6 nitrogen and oxygen atoms in total. The minimum Gasteiger partial charge on any atom is -0.499 e. The van der Waals surface area contributed by atoms with E-state index in [0.29, 0.717) is 12.2 Å². The summed E-state index contributed by atoms with van der Waals surface area (Å²) >= 11 is 17.3. The quantitative estimate of drug-likeness (QED) is 0.620. The molecule has 0 radical (unpaired) electrons. The molecule has 1 rings (SSSR count). The van der Waals surface area contributed by atoms with E-state index in [1.165, 1.54) is 13.2 Å². The number of hydrogen-bond acceptors (Lipinski definition) is 4. The third kappa shape index (κ3) is 6.35. The van der Waals surface area contributed by atoms with Gasteiger partial charge in [0.05, 0.1) is 13.2 Å². The van der Waals surface area contributed by atoms with Crippen LogP contribution in [-0.2, 0) is 19.1 Å². The smallest absolute Gasteiger partial charge is 0.257 e. The van der Waals surface area contributed by atoms with Gasteiger partial charge in [-0.1, -0.05) is 55.1 Å². The van der Waals surface area contributed by atoms with Gasteiger partial charge in [-0.2, -0.15) is 0 Å². The monoisotopic (exact) mass is 412 g/mol. The summed E-state index contributed by atoms with van der Waals surface area (Å²) in [6, 6.07) is -1.43. The number of hydrogen-bond donors (Lipinski definition) is 1. The number of nitrogens with one attached hydrogen (secondary N) is 1. The first kappa shape index (κ1) is 22.1. The van der Waals surface area contributed by atoms with Crippen molar-refractivity contribution in [1.82, 2.24) is 10.2 Å². The Morgan fingerprint density at radius 3 is 2.48 bits per heavy atom. The highest BCUT2D eigenvalue weighted by Crippen LogP contribution is 2.32. The molecule has 1 aliphatic heterocycles. The second-order valence-electron chi connectivity index (χ2n) is 5.73. The molecule has 9 heteroatoms. The van der Waals surface area contributed by atoms with Crippen molar-refractivity contribution in [2.45, 2.75) is 61.8 Å². The fraction of sp³-hybridized carbons (Fsp3) is 0.688. The molecule has 2 atom stereocenters. The third-order valence-electron chi connectivity index (χ3n) is 3.85. The average molecular weight is 414 g/mol. The molecule has 0 spiro atoms. The lowest BCUT2D eigenvalue weighted by atomic mass is 10.1. The number of carbonyl (C=O) groups is 3. The van der Waals surface area contributed by atoms with Gasteiger partial charge in [-0.25, -0.2) is 0 Å². The Bertz CT molecular complexity index is 546. The number of halogens is 3. The highest BCUT2D eigenvalue weighted by molar-refractivity contribution is 6.67. The number of amides is 3. The predicted molar refractivity (Wildman–Crippen MR) is 97.4 cm³/mol. The van der Waals surface area contributed by atoms with Gasteiger partial charge in [0.15, 0.2) is 3.79 Å². The minimum absolute atomic E-state index is 0.0586. The molecular formula is C16H23Cl3N2O4. The number of ether oxygens (including phenoxy) is 1. The van der Waals surface area contributed by atoms with Gasteiger partial charge >= 0.3 is 0 Å². The second kappa shape index (κ2) is 9.64. The Kier molecular flexibility index (Phi) is 8.51. The first-order chi connectivity index (χ1) is 11.6. The van der Waals surface area contributed by atoms with Gasteiger partial charge in [-0.3, -0.25) is 19.3 Å². The van der Waals surface area contributed by atoms with Crippen molar-refractivity contribution in [2.24, 2.45) is 0 Å².